The summed E-state index contributed by atoms with van der Waals surface area (Å²) in [7, 11) is 0. The molecule has 0 aromatic heterocycles. The van der Waals surface area contributed by atoms with E-state index >= 15 is 0 Å². The van der Waals surface area contributed by atoms with Gasteiger partial charge in [0.15, 0.2) is 0 Å². The number of nitrogens with zero attached hydrogens (tertiary/aromatic N) is 1. The molecule has 51 heavy (non-hydrogen) atoms. The highest BCUT2D eigenvalue weighted by Crippen LogP contribution is 2.49. The highest BCUT2D eigenvalue weighted by atomic mass is 15.3. The summed E-state index contributed by atoms with van der Waals surface area (Å²) < 4.78 is 0. The van der Waals surface area contributed by atoms with Crippen LogP contribution in [-0.4, -0.2) is 5.84 Å². The molecule has 3 nitrogen and oxygen atoms in total. The molecular weight excluding hydrogens is 619 g/mol. The normalized spacial score (nSPS) is 17.2. The first kappa shape index (κ1) is 31.0. The molecule has 7 aromatic rings. The summed E-state index contributed by atoms with van der Waals surface area (Å²) in [5, 5.41) is 7.49. The van der Waals surface area contributed by atoms with E-state index in [1.54, 1.807) is 0 Å². The molecule has 2 N–H and O–H groups in total. The van der Waals surface area contributed by atoms with Crippen molar-refractivity contribution < 1.29 is 0 Å². The summed E-state index contributed by atoms with van der Waals surface area (Å²) >= 11 is 0. The van der Waals surface area contributed by atoms with Crippen LogP contribution < -0.4 is 10.6 Å². The van der Waals surface area contributed by atoms with Crippen LogP contribution in [0.5, 0.6) is 0 Å². The van der Waals surface area contributed by atoms with Gasteiger partial charge in [-0.1, -0.05) is 172 Å². The van der Waals surface area contributed by atoms with Crippen molar-refractivity contribution in [3.63, 3.8) is 0 Å². The molecule has 1 aliphatic carbocycles. The number of aliphatic imine (C=N–C) groups is 1. The minimum absolute atomic E-state index is 0.0311. The van der Waals surface area contributed by atoms with Crippen LogP contribution in [0.4, 0.5) is 0 Å². The van der Waals surface area contributed by atoms with E-state index in [1.165, 1.54) is 55.6 Å². The number of benzene rings is 7. The quantitative estimate of drug-likeness (QED) is 0.187. The van der Waals surface area contributed by atoms with E-state index in [1.807, 2.05) is 6.07 Å². The monoisotopic (exact) mass is 657 g/mol. The molecule has 2 atom stereocenters. The topological polar surface area (TPSA) is 36.4 Å². The first-order chi connectivity index (χ1) is 25.0. The van der Waals surface area contributed by atoms with Gasteiger partial charge in [0.25, 0.3) is 0 Å². The van der Waals surface area contributed by atoms with Crippen molar-refractivity contribution in [3.8, 4) is 44.5 Å². The highest BCUT2D eigenvalue weighted by molar-refractivity contribution is 5.99. The molecular formula is C48H39N3. The van der Waals surface area contributed by atoms with Crippen LogP contribution in [0.25, 0.3) is 44.5 Å². The third-order valence-corrected chi connectivity index (χ3v) is 10.6. The van der Waals surface area contributed by atoms with E-state index in [0.717, 1.165) is 22.5 Å². The van der Waals surface area contributed by atoms with Crippen LogP contribution in [-0.2, 0) is 5.41 Å². The largest absolute Gasteiger partial charge is 0.350 e. The molecule has 7 aromatic carbocycles. The van der Waals surface area contributed by atoms with Gasteiger partial charge in [0.2, 0.25) is 0 Å². The van der Waals surface area contributed by atoms with Gasteiger partial charge in [0.1, 0.15) is 18.2 Å². The lowest BCUT2D eigenvalue weighted by Crippen LogP contribution is -2.44. The Kier molecular flexibility index (Phi) is 7.71. The Labute approximate surface area is 300 Å². The summed E-state index contributed by atoms with van der Waals surface area (Å²) in [6, 6.07) is 63.3. The molecule has 2 unspecified atom stereocenters. The minimum atomic E-state index is -0.232. The van der Waals surface area contributed by atoms with Gasteiger partial charge in [-0.25, -0.2) is 4.99 Å². The lowest BCUT2D eigenvalue weighted by Gasteiger charge is -2.32. The predicted molar refractivity (Wildman–Crippen MR) is 211 cm³/mol. The molecule has 9 rings (SSSR count). The third-order valence-electron chi connectivity index (χ3n) is 10.6. The zero-order valence-corrected chi connectivity index (χ0v) is 28.8. The zero-order chi connectivity index (χ0) is 34.4. The smallest absolute Gasteiger partial charge is 0.131 e. The van der Waals surface area contributed by atoms with Gasteiger partial charge in [-0.3, -0.25) is 5.32 Å². The van der Waals surface area contributed by atoms with Crippen LogP contribution >= 0.6 is 0 Å². The number of amidine groups is 1. The SMILES string of the molecule is CC1(C)c2ccccc2-c2ccc(-c3cccc(-c4cccc(C5N=C(c6ccccc6)NC(c6ccc(-c7ccccc7)cc6)N5)c4)c3)cc21. The average Bonchev–Trinajstić information content (AvgIpc) is 3.44. The predicted octanol–water partition coefficient (Wildman–Crippen LogP) is 11.3. The van der Waals surface area contributed by atoms with Crippen LogP contribution in [0, 0.1) is 0 Å². The Morgan fingerprint density at radius 1 is 0.431 bits per heavy atom. The fourth-order valence-corrected chi connectivity index (χ4v) is 7.79. The molecule has 0 spiro atoms. The van der Waals surface area contributed by atoms with Gasteiger partial charge in [0.05, 0.1) is 0 Å². The van der Waals surface area contributed by atoms with E-state index in [-0.39, 0.29) is 17.7 Å². The van der Waals surface area contributed by atoms with Gasteiger partial charge in [-0.2, -0.15) is 0 Å². The minimum Gasteiger partial charge on any atom is -0.350 e. The molecule has 0 bridgehead atoms. The summed E-state index contributed by atoms with van der Waals surface area (Å²) in [5.41, 5.74) is 16.0. The molecule has 1 heterocycles. The van der Waals surface area contributed by atoms with E-state index in [0.29, 0.717) is 0 Å². The van der Waals surface area contributed by atoms with E-state index in [2.05, 4.69) is 194 Å². The second-order valence-corrected chi connectivity index (χ2v) is 14.1. The number of hydrogen-bond acceptors (Lipinski definition) is 3. The Morgan fingerprint density at radius 3 is 1.73 bits per heavy atom. The number of fused-ring (bicyclic) bond motifs is 3. The molecule has 246 valence electrons. The Balaban J connectivity index is 1.03. The van der Waals surface area contributed by atoms with Crippen molar-refractivity contribution in [2.75, 3.05) is 0 Å². The highest BCUT2D eigenvalue weighted by Gasteiger charge is 2.35. The van der Waals surface area contributed by atoms with Crippen LogP contribution in [0.1, 0.15) is 54.0 Å². The van der Waals surface area contributed by atoms with E-state index in [4.69, 9.17) is 4.99 Å². The molecule has 2 aliphatic rings. The van der Waals surface area contributed by atoms with Crippen molar-refractivity contribution in [1.82, 2.24) is 10.6 Å². The molecule has 0 radical (unpaired) electrons. The lowest BCUT2D eigenvalue weighted by molar-refractivity contribution is 0.409. The Bertz CT molecular complexity index is 2390. The number of rotatable bonds is 6. The van der Waals surface area contributed by atoms with Gasteiger partial charge in [-0.15, -0.1) is 0 Å². The Hall–Kier alpha value is -6.03. The van der Waals surface area contributed by atoms with Crippen LogP contribution in [0.2, 0.25) is 0 Å². The lowest BCUT2D eigenvalue weighted by atomic mass is 9.81. The molecule has 0 saturated carbocycles. The second kappa shape index (κ2) is 12.7. The molecule has 1 aliphatic heterocycles. The van der Waals surface area contributed by atoms with Crippen molar-refractivity contribution in [2.45, 2.75) is 31.6 Å². The molecule has 0 fully saturated rings. The third kappa shape index (κ3) is 5.76. The Morgan fingerprint density at radius 2 is 0.980 bits per heavy atom. The summed E-state index contributed by atoms with van der Waals surface area (Å²) in [6.07, 6.45) is -0.348. The van der Waals surface area contributed by atoms with Crippen molar-refractivity contribution in [1.29, 1.82) is 0 Å². The number of hydrogen-bond donors (Lipinski definition) is 2. The van der Waals surface area contributed by atoms with Crippen molar-refractivity contribution >= 4 is 5.84 Å². The average molecular weight is 658 g/mol. The first-order valence-electron chi connectivity index (χ1n) is 17.8. The second-order valence-electron chi connectivity index (χ2n) is 14.1. The van der Waals surface area contributed by atoms with Crippen LogP contribution in [0.3, 0.4) is 0 Å². The van der Waals surface area contributed by atoms with Gasteiger partial charge < -0.3 is 5.32 Å². The standard InChI is InChI=1S/C48H39N3/c1-48(2)43-22-10-9-21-41(43)42-28-27-39(31-44(42)48)37-18-11-17-36(29-37)38-19-12-20-40(30-38)47-50-45(34-15-7-4-8-16-34)49-46(51-47)35-25-23-33(24-26-35)32-13-5-3-6-14-32/h3-31,46-47,51H,1-2H3,(H,49,50). The van der Waals surface area contributed by atoms with E-state index in [9.17, 15) is 0 Å². The van der Waals surface area contributed by atoms with Crippen LogP contribution in [0.15, 0.2) is 181 Å². The van der Waals surface area contributed by atoms with Gasteiger partial charge in [-0.05, 0) is 85.0 Å². The summed E-state index contributed by atoms with van der Waals surface area (Å²) in [6.45, 7) is 4.68. The molecule has 0 saturated heterocycles. The first-order valence-corrected chi connectivity index (χ1v) is 17.8. The maximum absolute atomic E-state index is 5.22. The van der Waals surface area contributed by atoms with Gasteiger partial charge in [0, 0.05) is 11.0 Å². The summed E-state index contributed by atoms with van der Waals surface area (Å²) in [4.78, 5) is 5.22. The van der Waals surface area contributed by atoms with E-state index < -0.39 is 0 Å². The fourth-order valence-electron chi connectivity index (χ4n) is 7.79. The fraction of sp³-hybridized carbons (Fsp3) is 0.104. The van der Waals surface area contributed by atoms with Crippen molar-refractivity contribution in [2.24, 2.45) is 4.99 Å². The maximum Gasteiger partial charge on any atom is 0.131 e. The maximum atomic E-state index is 5.22. The van der Waals surface area contributed by atoms with Gasteiger partial charge >= 0.3 is 0 Å². The molecule has 3 heteroatoms. The number of nitrogens with one attached hydrogen (secondary N) is 2. The zero-order valence-electron chi connectivity index (χ0n) is 28.8. The molecule has 0 amide bonds. The van der Waals surface area contributed by atoms with Crippen molar-refractivity contribution in [3.05, 3.63) is 204 Å². The summed E-state index contributed by atoms with van der Waals surface area (Å²) in [5.74, 6) is 0.880.